The van der Waals surface area contributed by atoms with Crippen molar-refractivity contribution in [1.82, 2.24) is 5.32 Å². The van der Waals surface area contributed by atoms with Gasteiger partial charge in [0.1, 0.15) is 0 Å². The van der Waals surface area contributed by atoms with Gasteiger partial charge in [0.2, 0.25) is 0 Å². The van der Waals surface area contributed by atoms with Crippen molar-refractivity contribution in [3.63, 3.8) is 0 Å². The molecule has 0 amide bonds. The fourth-order valence-electron chi connectivity index (χ4n) is 2.99. The number of rotatable bonds is 3. The average molecular weight is 183 g/mol. The second-order valence-electron chi connectivity index (χ2n) is 5.21. The van der Waals surface area contributed by atoms with Crippen molar-refractivity contribution in [2.75, 3.05) is 13.1 Å². The molecule has 78 valence electrons. The molecule has 1 saturated heterocycles. The van der Waals surface area contributed by atoms with E-state index in [9.17, 15) is 0 Å². The van der Waals surface area contributed by atoms with E-state index in [1.165, 1.54) is 32.4 Å². The van der Waals surface area contributed by atoms with Crippen molar-refractivity contribution in [1.29, 1.82) is 0 Å². The van der Waals surface area contributed by atoms with Crippen LogP contribution >= 0.6 is 0 Å². The summed E-state index contributed by atoms with van der Waals surface area (Å²) in [5.41, 5.74) is 0.605. The Balaban J connectivity index is 2.65. The molecule has 1 heteroatoms. The fourth-order valence-corrected chi connectivity index (χ4v) is 2.99. The summed E-state index contributed by atoms with van der Waals surface area (Å²) < 4.78 is 0. The summed E-state index contributed by atoms with van der Waals surface area (Å²) in [6.07, 6.45) is 4.10. The molecular weight excluding hydrogens is 158 g/mol. The van der Waals surface area contributed by atoms with Crippen LogP contribution in [-0.4, -0.2) is 13.1 Å². The highest BCUT2D eigenvalue weighted by Crippen LogP contribution is 2.41. The fraction of sp³-hybridized carbons (Fsp3) is 1.00. The molecule has 1 N–H and O–H groups in total. The van der Waals surface area contributed by atoms with Crippen LogP contribution in [0, 0.1) is 17.3 Å². The second-order valence-corrected chi connectivity index (χ2v) is 5.21. The Bertz CT molecular complexity index is 149. The van der Waals surface area contributed by atoms with Gasteiger partial charge < -0.3 is 5.32 Å². The van der Waals surface area contributed by atoms with Gasteiger partial charge in [0.15, 0.2) is 0 Å². The molecule has 0 bridgehead atoms. The van der Waals surface area contributed by atoms with Crippen LogP contribution in [0.2, 0.25) is 0 Å². The van der Waals surface area contributed by atoms with Crippen LogP contribution < -0.4 is 5.32 Å². The summed E-state index contributed by atoms with van der Waals surface area (Å²) in [5, 5.41) is 3.53. The van der Waals surface area contributed by atoms with E-state index in [1.807, 2.05) is 0 Å². The third-order valence-electron chi connectivity index (χ3n) is 3.76. The third-order valence-corrected chi connectivity index (χ3v) is 3.76. The molecule has 1 rings (SSSR count). The van der Waals surface area contributed by atoms with Gasteiger partial charge in [0, 0.05) is 0 Å². The van der Waals surface area contributed by atoms with Gasteiger partial charge in [-0.15, -0.1) is 0 Å². The minimum Gasteiger partial charge on any atom is -0.316 e. The van der Waals surface area contributed by atoms with Crippen molar-refractivity contribution in [3.05, 3.63) is 0 Å². The lowest BCUT2D eigenvalue weighted by atomic mass is 9.65. The first-order valence-corrected chi connectivity index (χ1v) is 5.81. The molecule has 1 aliphatic heterocycles. The maximum Gasteiger partial charge on any atom is -0.00128 e. The zero-order chi connectivity index (χ0) is 9.90. The van der Waals surface area contributed by atoms with Gasteiger partial charge in [0.25, 0.3) is 0 Å². The van der Waals surface area contributed by atoms with Crippen molar-refractivity contribution in [2.24, 2.45) is 17.3 Å². The minimum absolute atomic E-state index is 0.605. The maximum absolute atomic E-state index is 3.53. The van der Waals surface area contributed by atoms with Crippen LogP contribution in [0.4, 0.5) is 0 Å². The summed E-state index contributed by atoms with van der Waals surface area (Å²) in [6, 6.07) is 0. The van der Waals surface area contributed by atoms with Crippen molar-refractivity contribution >= 4 is 0 Å². The van der Waals surface area contributed by atoms with Crippen LogP contribution in [0.3, 0.4) is 0 Å². The number of hydrogen-bond acceptors (Lipinski definition) is 1. The van der Waals surface area contributed by atoms with Crippen molar-refractivity contribution in [3.8, 4) is 0 Å². The van der Waals surface area contributed by atoms with E-state index >= 15 is 0 Å². The summed E-state index contributed by atoms with van der Waals surface area (Å²) >= 11 is 0. The molecule has 1 fully saturated rings. The second kappa shape index (κ2) is 4.45. The molecule has 2 unspecified atom stereocenters. The standard InChI is InChI=1S/C12H25N/c1-5-6-12(4)7-8-13-9-11(12)10(2)3/h10-11,13H,5-9H2,1-4H3. The molecule has 0 aliphatic carbocycles. The first kappa shape index (κ1) is 11.0. The predicted octanol–water partition coefficient (Wildman–Crippen LogP) is 3.06. The third kappa shape index (κ3) is 2.46. The lowest BCUT2D eigenvalue weighted by molar-refractivity contribution is 0.0795. The summed E-state index contributed by atoms with van der Waals surface area (Å²) in [7, 11) is 0. The Morgan fingerprint density at radius 1 is 1.46 bits per heavy atom. The first-order chi connectivity index (χ1) is 6.10. The monoisotopic (exact) mass is 183 g/mol. The van der Waals surface area contributed by atoms with Crippen LogP contribution in [0.5, 0.6) is 0 Å². The Morgan fingerprint density at radius 3 is 2.69 bits per heavy atom. The maximum atomic E-state index is 3.53. The quantitative estimate of drug-likeness (QED) is 0.709. The Labute approximate surface area is 83.3 Å². The van der Waals surface area contributed by atoms with Gasteiger partial charge in [-0.05, 0) is 43.2 Å². The van der Waals surface area contributed by atoms with E-state index in [0.29, 0.717) is 5.41 Å². The van der Waals surface area contributed by atoms with Crippen LogP contribution in [0.15, 0.2) is 0 Å². The molecule has 0 radical (unpaired) electrons. The van der Waals surface area contributed by atoms with E-state index in [4.69, 9.17) is 0 Å². The Hall–Kier alpha value is -0.0400. The highest BCUT2D eigenvalue weighted by atomic mass is 14.9. The predicted molar refractivity (Wildman–Crippen MR) is 58.8 cm³/mol. The lowest BCUT2D eigenvalue weighted by Gasteiger charge is -2.44. The largest absolute Gasteiger partial charge is 0.316 e. The van der Waals surface area contributed by atoms with E-state index in [-0.39, 0.29) is 0 Å². The number of piperidine rings is 1. The van der Waals surface area contributed by atoms with Gasteiger partial charge in [-0.2, -0.15) is 0 Å². The molecule has 13 heavy (non-hydrogen) atoms. The van der Waals surface area contributed by atoms with Crippen LogP contribution in [-0.2, 0) is 0 Å². The molecule has 0 aromatic rings. The molecule has 1 heterocycles. The van der Waals surface area contributed by atoms with E-state index < -0.39 is 0 Å². The summed E-state index contributed by atoms with van der Waals surface area (Å²) in [4.78, 5) is 0. The van der Waals surface area contributed by atoms with E-state index in [2.05, 4.69) is 33.0 Å². The highest BCUT2D eigenvalue weighted by Gasteiger charge is 2.36. The average Bonchev–Trinajstić information content (AvgIpc) is 2.04. The highest BCUT2D eigenvalue weighted by molar-refractivity contribution is 4.89. The van der Waals surface area contributed by atoms with Crippen molar-refractivity contribution in [2.45, 2.75) is 47.0 Å². The lowest BCUT2D eigenvalue weighted by Crippen LogP contribution is -2.45. The molecule has 1 aliphatic rings. The van der Waals surface area contributed by atoms with Gasteiger partial charge >= 0.3 is 0 Å². The van der Waals surface area contributed by atoms with Gasteiger partial charge in [0.05, 0.1) is 0 Å². The molecule has 2 atom stereocenters. The molecular formula is C12H25N. The van der Waals surface area contributed by atoms with Crippen molar-refractivity contribution < 1.29 is 0 Å². The normalized spacial score (nSPS) is 35.3. The van der Waals surface area contributed by atoms with Crippen LogP contribution in [0.25, 0.3) is 0 Å². The van der Waals surface area contributed by atoms with Gasteiger partial charge in [-0.1, -0.05) is 34.1 Å². The SMILES string of the molecule is CCCC1(C)CCNCC1C(C)C. The molecule has 0 spiro atoms. The van der Waals surface area contributed by atoms with Gasteiger partial charge in [-0.25, -0.2) is 0 Å². The Kier molecular flexibility index (Phi) is 3.78. The van der Waals surface area contributed by atoms with Crippen LogP contribution in [0.1, 0.15) is 47.0 Å². The summed E-state index contributed by atoms with van der Waals surface area (Å²) in [5.74, 6) is 1.70. The molecule has 1 nitrogen and oxygen atoms in total. The zero-order valence-electron chi connectivity index (χ0n) is 9.69. The number of nitrogens with one attached hydrogen (secondary N) is 1. The minimum atomic E-state index is 0.605. The van der Waals surface area contributed by atoms with E-state index in [1.54, 1.807) is 0 Å². The number of hydrogen-bond donors (Lipinski definition) is 1. The Morgan fingerprint density at radius 2 is 2.15 bits per heavy atom. The molecule has 0 saturated carbocycles. The smallest absolute Gasteiger partial charge is 0.00128 e. The molecule has 0 aromatic heterocycles. The molecule has 0 aromatic carbocycles. The van der Waals surface area contributed by atoms with Gasteiger partial charge in [-0.3, -0.25) is 0 Å². The topological polar surface area (TPSA) is 12.0 Å². The van der Waals surface area contributed by atoms with E-state index in [0.717, 1.165) is 11.8 Å². The first-order valence-electron chi connectivity index (χ1n) is 5.81. The summed E-state index contributed by atoms with van der Waals surface area (Å²) in [6.45, 7) is 12.0. The zero-order valence-corrected chi connectivity index (χ0v) is 9.69.